The zero-order chi connectivity index (χ0) is 24.7. The minimum atomic E-state index is -1.24. The Hall–Kier alpha value is -3.62. The SMILES string of the molecule is CC(N)C(=O)NC(CCCN=C(N)N)C(=O)NC(CCCN=C(N)N)C(=O)NCC(=O)O. The lowest BCUT2D eigenvalue weighted by Gasteiger charge is -2.23. The van der Waals surface area contributed by atoms with E-state index in [9.17, 15) is 19.2 Å². The van der Waals surface area contributed by atoms with Gasteiger partial charge in [-0.2, -0.15) is 0 Å². The topological polar surface area (TPSA) is 279 Å². The fourth-order valence-corrected chi connectivity index (χ4v) is 2.41. The molecule has 0 aliphatic carbocycles. The molecule has 0 saturated carbocycles. The average Bonchev–Trinajstić information content (AvgIpc) is 2.69. The number of carboxylic acid groups (broad SMARTS) is 1. The van der Waals surface area contributed by atoms with Crippen LogP contribution in [-0.2, 0) is 19.2 Å². The minimum Gasteiger partial charge on any atom is -0.480 e. The third-order valence-corrected chi connectivity index (χ3v) is 3.98. The molecule has 14 N–H and O–H groups in total. The van der Waals surface area contributed by atoms with Crippen LogP contribution in [0.3, 0.4) is 0 Å². The normalized spacial score (nSPS) is 13.1. The number of carbonyl (C=O) groups is 4. The first kappa shape index (κ1) is 28.4. The van der Waals surface area contributed by atoms with Crippen molar-refractivity contribution in [1.29, 1.82) is 0 Å². The Morgan fingerprint density at radius 2 is 1.25 bits per heavy atom. The van der Waals surface area contributed by atoms with Crippen LogP contribution in [0.4, 0.5) is 0 Å². The summed E-state index contributed by atoms with van der Waals surface area (Å²) in [6, 6.07) is -2.96. The second kappa shape index (κ2) is 15.2. The number of aliphatic imine (C=N–C) groups is 2. The fourth-order valence-electron chi connectivity index (χ4n) is 2.41. The molecule has 3 unspecified atom stereocenters. The largest absolute Gasteiger partial charge is 0.480 e. The standard InChI is InChI=1S/C17H34N10O5/c1-9(18)13(30)26-11(5-3-7-24-17(21)22)15(32)27-10(4-2-6-23-16(19)20)14(31)25-8-12(28)29/h9-11H,2-8,18H2,1H3,(H,25,31)(H,26,30)(H,27,32)(H,28,29)(H4,19,20,23)(H4,21,22,24). The maximum Gasteiger partial charge on any atom is 0.322 e. The molecule has 0 radical (unpaired) electrons. The summed E-state index contributed by atoms with van der Waals surface area (Å²) < 4.78 is 0. The van der Waals surface area contributed by atoms with E-state index in [0.29, 0.717) is 12.8 Å². The van der Waals surface area contributed by atoms with E-state index in [1.165, 1.54) is 6.92 Å². The lowest BCUT2D eigenvalue weighted by atomic mass is 10.1. The van der Waals surface area contributed by atoms with Crippen molar-refractivity contribution < 1.29 is 24.3 Å². The molecule has 32 heavy (non-hydrogen) atoms. The number of nitrogens with two attached hydrogens (primary N) is 5. The summed E-state index contributed by atoms with van der Waals surface area (Å²) in [6.45, 7) is 1.25. The molecule has 182 valence electrons. The first-order chi connectivity index (χ1) is 14.9. The minimum absolute atomic E-state index is 0.110. The molecule has 3 amide bonds. The number of guanidine groups is 2. The van der Waals surface area contributed by atoms with Gasteiger partial charge in [0.2, 0.25) is 17.7 Å². The van der Waals surface area contributed by atoms with Crippen LogP contribution >= 0.6 is 0 Å². The Bertz CT molecular complexity index is 702. The highest BCUT2D eigenvalue weighted by atomic mass is 16.4. The molecular weight excluding hydrogens is 424 g/mol. The van der Waals surface area contributed by atoms with Gasteiger partial charge in [0.25, 0.3) is 0 Å². The fraction of sp³-hybridized carbons (Fsp3) is 0.647. The van der Waals surface area contributed by atoms with E-state index in [0.717, 1.165) is 0 Å². The molecule has 3 atom stereocenters. The zero-order valence-corrected chi connectivity index (χ0v) is 18.0. The van der Waals surface area contributed by atoms with Gasteiger partial charge in [-0.1, -0.05) is 0 Å². The summed E-state index contributed by atoms with van der Waals surface area (Å²) >= 11 is 0. The lowest BCUT2D eigenvalue weighted by Crippen LogP contribution is -2.55. The van der Waals surface area contributed by atoms with Crippen LogP contribution in [0.1, 0.15) is 32.6 Å². The Morgan fingerprint density at radius 1 is 0.812 bits per heavy atom. The summed E-state index contributed by atoms with van der Waals surface area (Å²) in [5.41, 5.74) is 26.6. The molecule has 15 nitrogen and oxygen atoms in total. The van der Waals surface area contributed by atoms with Crippen LogP contribution in [0.5, 0.6) is 0 Å². The van der Waals surface area contributed by atoms with E-state index in [2.05, 4.69) is 25.9 Å². The summed E-state index contributed by atoms with van der Waals surface area (Å²) in [6.07, 6.45) is 0.967. The van der Waals surface area contributed by atoms with E-state index >= 15 is 0 Å². The van der Waals surface area contributed by atoms with Gasteiger partial charge in [-0.15, -0.1) is 0 Å². The predicted molar refractivity (Wildman–Crippen MR) is 118 cm³/mol. The third kappa shape index (κ3) is 13.6. The average molecular weight is 459 g/mol. The van der Waals surface area contributed by atoms with Gasteiger partial charge in [-0.05, 0) is 32.6 Å². The second-order valence-corrected chi connectivity index (χ2v) is 6.92. The van der Waals surface area contributed by atoms with E-state index in [4.69, 9.17) is 33.8 Å². The lowest BCUT2D eigenvalue weighted by molar-refractivity contribution is -0.138. The van der Waals surface area contributed by atoms with Gasteiger partial charge in [0.15, 0.2) is 11.9 Å². The molecule has 0 bridgehead atoms. The highest BCUT2D eigenvalue weighted by Crippen LogP contribution is 2.04. The van der Waals surface area contributed by atoms with Crippen molar-refractivity contribution in [1.82, 2.24) is 16.0 Å². The maximum atomic E-state index is 12.8. The molecule has 0 spiro atoms. The van der Waals surface area contributed by atoms with Gasteiger partial charge in [0.1, 0.15) is 18.6 Å². The molecule has 0 rings (SSSR count). The highest BCUT2D eigenvalue weighted by molar-refractivity contribution is 5.93. The molecule has 0 heterocycles. The summed E-state index contributed by atoms with van der Waals surface area (Å²) in [5, 5.41) is 16.0. The molecular formula is C17H34N10O5. The quantitative estimate of drug-likeness (QED) is 0.0645. The second-order valence-electron chi connectivity index (χ2n) is 6.92. The van der Waals surface area contributed by atoms with Crippen LogP contribution in [0.15, 0.2) is 9.98 Å². The van der Waals surface area contributed by atoms with Crippen LogP contribution < -0.4 is 44.6 Å². The number of carboxylic acids is 1. The van der Waals surface area contributed by atoms with Crippen molar-refractivity contribution >= 4 is 35.6 Å². The highest BCUT2D eigenvalue weighted by Gasteiger charge is 2.27. The molecule has 0 aliphatic heterocycles. The smallest absolute Gasteiger partial charge is 0.322 e. The van der Waals surface area contributed by atoms with Crippen molar-refractivity contribution in [2.24, 2.45) is 38.7 Å². The first-order valence-electron chi connectivity index (χ1n) is 9.90. The van der Waals surface area contributed by atoms with Gasteiger partial charge in [-0.3, -0.25) is 29.2 Å². The monoisotopic (exact) mass is 458 g/mol. The number of nitrogens with zero attached hydrogens (tertiary/aromatic N) is 2. The molecule has 0 fully saturated rings. The number of hydrogen-bond donors (Lipinski definition) is 9. The van der Waals surface area contributed by atoms with E-state index in [1.807, 2.05) is 0 Å². The van der Waals surface area contributed by atoms with Gasteiger partial charge in [0.05, 0.1) is 6.04 Å². The van der Waals surface area contributed by atoms with Crippen molar-refractivity contribution in [3.63, 3.8) is 0 Å². The Balaban J connectivity index is 5.28. The molecule has 0 aromatic rings. The van der Waals surface area contributed by atoms with Crippen molar-refractivity contribution in [2.45, 2.75) is 50.7 Å². The van der Waals surface area contributed by atoms with Crippen LogP contribution in [0.2, 0.25) is 0 Å². The Labute approximate surface area is 185 Å². The third-order valence-electron chi connectivity index (χ3n) is 3.98. The van der Waals surface area contributed by atoms with Crippen LogP contribution in [0, 0.1) is 0 Å². The van der Waals surface area contributed by atoms with Gasteiger partial charge in [0, 0.05) is 13.1 Å². The number of nitrogens with one attached hydrogen (secondary N) is 3. The predicted octanol–water partition coefficient (Wildman–Crippen LogP) is -4.39. The van der Waals surface area contributed by atoms with E-state index in [-0.39, 0.29) is 37.9 Å². The number of rotatable bonds is 15. The first-order valence-corrected chi connectivity index (χ1v) is 9.90. The summed E-state index contributed by atoms with van der Waals surface area (Å²) in [4.78, 5) is 55.5. The van der Waals surface area contributed by atoms with Crippen LogP contribution in [0.25, 0.3) is 0 Å². The van der Waals surface area contributed by atoms with Crippen molar-refractivity contribution in [2.75, 3.05) is 19.6 Å². The van der Waals surface area contributed by atoms with Gasteiger partial charge >= 0.3 is 5.97 Å². The molecule has 0 aliphatic rings. The Kier molecular flexibility index (Phi) is 13.5. The molecule has 15 heteroatoms. The summed E-state index contributed by atoms with van der Waals surface area (Å²) in [7, 11) is 0. The molecule has 0 saturated heterocycles. The molecule has 0 aromatic heterocycles. The maximum absolute atomic E-state index is 12.8. The van der Waals surface area contributed by atoms with Crippen molar-refractivity contribution in [3.8, 4) is 0 Å². The van der Waals surface area contributed by atoms with Gasteiger partial charge in [-0.25, -0.2) is 0 Å². The van der Waals surface area contributed by atoms with Crippen molar-refractivity contribution in [3.05, 3.63) is 0 Å². The number of carbonyl (C=O) groups excluding carboxylic acids is 3. The molecule has 0 aromatic carbocycles. The summed E-state index contributed by atoms with van der Waals surface area (Å²) in [5.74, 6) is -3.40. The number of amides is 3. The number of hydrogen-bond acceptors (Lipinski definition) is 7. The van der Waals surface area contributed by atoms with E-state index < -0.39 is 48.4 Å². The van der Waals surface area contributed by atoms with Gasteiger partial charge < -0.3 is 49.7 Å². The van der Waals surface area contributed by atoms with Crippen LogP contribution in [-0.4, -0.2) is 78.5 Å². The van der Waals surface area contributed by atoms with E-state index in [1.54, 1.807) is 0 Å². The Morgan fingerprint density at radius 3 is 1.66 bits per heavy atom. The zero-order valence-electron chi connectivity index (χ0n) is 18.0. The number of aliphatic carboxylic acids is 1.